The van der Waals surface area contributed by atoms with E-state index in [1.165, 1.54) is 0 Å². The molecule has 0 bridgehead atoms. The summed E-state index contributed by atoms with van der Waals surface area (Å²) >= 11 is 0. The van der Waals surface area contributed by atoms with Crippen LogP contribution in [0, 0.1) is 0 Å². The van der Waals surface area contributed by atoms with Crippen LogP contribution in [0.1, 0.15) is 29.3 Å². The average Bonchev–Trinajstić information content (AvgIpc) is 2.67. The van der Waals surface area contributed by atoms with Crippen molar-refractivity contribution in [3.63, 3.8) is 0 Å². The molecule has 1 atom stereocenters. The number of ether oxygens (including phenoxy) is 1. The van der Waals surface area contributed by atoms with Crippen LogP contribution < -0.4 is 27.6 Å². The lowest BCUT2D eigenvalue weighted by molar-refractivity contribution is -0.727. The number of carbonyl (C=O) groups is 3. The Hall–Kier alpha value is -3.13. The van der Waals surface area contributed by atoms with Crippen LogP contribution in [0.2, 0.25) is 0 Å². The second kappa shape index (κ2) is 12.4. The van der Waals surface area contributed by atoms with Crippen molar-refractivity contribution >= 4 is 18.0 Å². The third-order valence-corrected chi connectivity index (χ3v) is 3.87. The van der Waals surface area contributed by atoms with Gasteiger partial charge in [-0.25, -0.2) is 4.79 Å². The summed E-state index contributed by atoms with van der Waals surface area (Å²) in [7, 11) is 0. The molecule has 0 saturated carbocycles. The number of aliphatic carboxylic acids is 1. The number of amides is 2. The lowest BCUT2D eigenvalue weighted by Crippen LogP contribution is -3.00. The predicted molar refractivity (Wildman–Crippen MR) is 100 cm³/mol. The van der Waals surface area contributed by atoms with Gasteiger partial charge in [0.25, 0.3) is 12.6 Å². The minimum atomic E-state index is -0.972. The van der Waals surface area contributed by atoms with E-state index in [1.54, 1.807) is 29.1 Å². The SMILES string of the molecule is C[C@@H](Cc1ccccc1)NC(=O)OC[n+]1ccc(C(=O)NCCC(=O)O)cc1.[Cl-]. The van der Waals surface area contributed by atoms with E-state index in [1.807, 2.05) is 37.3 Å². The minimum Gasteiger partial charge on any atom is -1.00 e. The zero-order chi connectivity index (χ0) is 20.4. The zero-order valence-electron chi connectivity index (χ0n) is 16.0. The van der Waals surface area contributed by atoms with Gasteiger partial charge in [-0.05, 0) is 18.9 Å². The average molecular weight is 422 g/mol. The van der Waals surface area contributed by atoms with Crippen molar-refractivity contribution in [3.05, 3.63) is 66.0 Å². The molecule has 1 aromatic heterocycles. The molecule has 3 N–H and O–H groups in total. The van der Waals surface area contributed by atoms with Crippen molar-refractivity contribution in [2.24, 2.45) is 0 Å². The van der Waals surface area contributed by atoms with E-state index in [0.717, 1.165) is 5.56 Å². The summed E-state index contributed by atoms with van der Waals surface area (Å²) in [6, 6.07) is 12.9. The van der Waals surface area contributed by atoms with Gasteiger partial charge in [0.15, 0.2) is 12.4 Å². The van der Waals surface area contributed by atoms with Crippen molar-refractivity contribution < 1.29 is 41.2 Å². The number of nitrogens with zero attached hydrogens (tertiary/aromatic N) is 1. The van der Waals surface area contributed by atoms with E-state index in [2.05, 4.69) is 10.6 Å². The number of hydrogen-bond donors (Lipinski definition) is 3. The van der Waals surface area contributed by atoms with Crippen LogP contribution in [0.4, 0.5) is 4.79 Å². The third-order valence-electron chi connectivity index (χ3n) is 3.87. The number of pyridine rings is 1. The zero-order valence-corrected chi connectivity index (χ0v) is 16.8. The maximum absolute atomic E-state index is 11.9. The fourth-order valence-corrected chi connectivity index (χ4v) is 2.47. The molecule has 0 spiro atoms. The van der Waals surface area contributed by atoms with Gasteiger partial charge < -0.3 is 32.9 Å². The topological polar surface area (TPSA) is 109 Å². The Kier molecular flexibility index (Phi) is 10.2. The Morgan fingerprint density at radius 3 is 2.38 bits per heavy atom. The molecule has 0 radical (unpaired) electrons. The fourth-order valence-electron chi connectivity index (χ4n) is 2.47. The fraction of sp³-hybridized carbons (Fsp3) is 0.300. The second-order valence-corrected chi connectivity index (χ2v) is 6.30. The van der Waals surface area contributed by atoms with Crippen LogP contribution >= 0.6 is 0 Å². The minimum absolute atomic E-state index is 0. The van der Waals surface area contributed by atoms with Crippen LogP contribution in [0.3, 0.4) is 0 Å². The van der Waals surface area contributed by atoms with Crippen LogP contribution in [-0.2, 0) is 22.7 Å². The molecule has 0 fully saturated rings. The van der Waals surface area contributed by atoms with Gasteiger partial charge in [-0.2, -0.15) is 4.57 Å². The standard InChI is InChI=1S/C20H23N3O5.ClH/c1-15(13-16-5-3-2-4-6-16)22-20(27)28-14-23-11-8-17(9-12-23)19(26)21-10-7-18(24)25;/h2-6,8-9,11-12,15H,7,10,13-14H2,1H3,(H2-,21,22,24,25,26,27);1H/t15-;/m0./s1. The first kappa shape index (κ1) is 23.9. The Morgan fingerprint density at radius 1 is 1.10 bits per heavy atom. The number of nitrogens with one attached hydrogen (secondary N) is 2. The molecule has 2 rings (SSSR count). The first-order valence-electron chi connectivity index (χ1n) is 8.90. The van der Waals surface area contributed by atoms with Gasteiger partial charge >= 0.3 is 12.1 Å². The van der Waals surface area contributed by atoms with Gasteiger partial charge in [0.1, 0.15) is 0 Å². The largest absolute Gasteiger partial charge is 1.00 e. The van der Waals surface area contributed by atoms with Gasteiger partial charge in [-0.3, -0.25) is 9.59 Å². The quantitative estimate of drug-likeness (QED) is 0.427. The normalized spacial score (nSPS) is 10.9. The first-order valence-corrected chi connectivity index (χ1v) is 8.90. The molecule has 29 heavy (non-hydrogen) atoms. The van der Waals surface area contributed by atoms with Gasteiger partial charge in [0, 0.05) is 24.7 Å². The Morgan fingerprint density at radius 2 is 1.76 bits per heavy atom. The van der Waals surface area contributed by atoms with Crippen molar-refractivity contribution in [2.75, 3.05) is 6.54 Å². The molecule has 0 aliphatic heterocycles. The Balaban J connectivity index is 0.00000420. The van der Waals surface area contributed by atoms with Crippen LogP contribution in [0.15, 0.2) is 54.9 Å². The van der Waals surface area contributed by atoms with Crippen molar-refractivity contribution in [3.8, 4) is 0 Å². The van der Waals surface area contributed by atoms with E-state index in [4.69, 9.17) is 9.84 Å². The molecule has 1 aromatic carbocycles. The van der Waals surface area contributed by atoms with E-state index in [9.17, 15) is 14.4 Å². The molecule has 2 aromatic rings. The highest BCUT2D eigenvalue weighted by atomic mass is 35.5. The number of halogens is 1. The molecular formula is C20H24ClN3O5. The monoisotopic (exact) mass is 421 g/mol. The number of rotatable bonds is 9. The van der Waals surface area contributed by atoms with E-state index < -0.39 is 12.1 Å². The van der Waals surface area contributed by atoms with Crippen molar-refractivity contribution in [2.45, 2.75) is 32.5 Å². The highest BCUT2D eigenvalue weighted by Crippen LogP contribution is 2.03. The van der Waals surface area contributed by atoms with Crippen LogP contribution in [-0.4, -0.2) is 35.7 Å². The smallest absolute Gasteiger partial charge is 0.412 e. The predicted octanol–water partition coefficient (Wildman–Crippen LogP) is -1.50. The van der Waals surface area contributed by atoms with Gasteiger partial charge in [0.05, 0.1) is 12.0 Å². The summed E-state index contributed by atoms with van der Waals surface area (Å²) in [6.07, 6.45) is 3.25. The molecule has 0 aliphatic carbocycles. The van der Waals surface area contributed by atoms with Gasteiger partial charge in [0.2, 0.25) is 0 Å². The first-order chi connectivity index (χ1) is 13.4. The third kappa shape index (κ3) is 9.07. The molecule has 9 heteroatoms. The number of alkyl carbamates (subject to hydrolysis) is 1. The Labute approximate surface area is 175 Å². The number of benzene rings is 1. The summed E-state index contributed by atoms with van der Waals surface area (Å²) in [6.45, 7) is 1.97. The Bertz CT molecular complexity index is 800. The van der Waals surface area contributed by atoms with E-state index >= 15 is 0 Å². The van der Waals surface area contributed by atoms with Crippen LogP contribution in [0.5, 0.6) is 0 Å². The van der Waals surface area contributed by atoms with Crippen LogP contribution in [0.25, 0.3) is 0 Å². The summed E-state index contributed by atoms with van der Waals surface area (Å²) in [5.74, 6) is -1.33. The molecule has 2 amide bonds. The van der Waals surface area contributed by atoms with Crippen molar-refractivity contribution in [1.29, 1.82) is 0 Å². The molecule has 0 unspecified atom stereocenters. The van der Waals surface area contributed by atoms with Gasteiger partial charge in [-0.1, -0.05) is 30.3 Å². The lowest BCUT2D eigenvalue weighted by atomic mass is 10.1. The lowest BCUT2D eigenvalue weighted by Gasteiger charge is -2.13. The number of carboxylic acid groups (broad SMARTS) is 1. The second-order valence-electron chi connectivity index (χ2n) is 6.30. The molecule has 0 saturated heterocycles. The highest BCUT2D eigenvalue weighted by molar-refractivity contribution is 5.94. The van der Waals surface area contributed by atoms with E-state index in [0.29, 0.717) is 12.0 Å². The molecule has 8 nitrogen and oxygen atoms in total. The molecule has 156 valence electrons. The maximum Gasteiger partial charge on any atom is 0.412 e. The van der Waals surface area contributed by atoms with Gasteiger partial charge in [-0.15, -0.1) is 0 Å². The molecule has 0 aliphatic rings. The molecule has 1 heterocycles. The van der Waals surface area contributed by atoms with E-state index in [-0.39, 0.29) is 44.1 Å². The number of carbonyl (C=O) groups excluding carboxylic acids is 2. The number of carboxylic acids is 1. The van der Waals surface area contributed by atoms with Crippen molar-refractivity contribution in [1.82, 2.24) is 10.6 Å². The maximum atomic E-state index is 11.9. The summed E-state index contributed by atoms with van der Waals surface area (Å²) in [5.41, 5.74) is 1.52. The highest BCUT2D eigenvalue weighted by Gasteiger charge is 2.12. The summed E-state index contributed by atoms with van der Waals surface area (Å²) < 4.78 is 6.78. The summed E-state index contributed by atoms with van der Waals surface area (Å²) in [4.78, 5) is 34.2. The number of hydrogen-bond acceptors (Lipinski definition) is 4. The number of aromatic nitrogens is 1. The molecular weight excluding hydrogens is 398 g/mol. The summed E-state index contributed by atoms with van der Waals surface area (Å²) in [5, 5.41) is 13.9.